The minimum atomic E-state index is -4.80. The van der Waals surface area contributed by atoms with Gasteiger partial charge in [0.2, 0.25) is 0 Å². The third-order valence-corrected chi connectivity index (χ3v) is 4.74. The molecule has 3 aromatic rings. The molecule has 0 saturated carbocycles. The van der Waals surface area contributed by atoms with Gasteiger partial charge < -0.3 is 5.32 Å². The summed E-state index contributed by atoms with van der Waals surface area (Å²) in [5.74, 6) is -5.01. The van der Waals surface area contributed by atoms with Crippen molar-refractivity contribution < 1.29 is 26.7 Å². The van der Waals surface area contributed by atoms with Crippen LogP contribution in [0.25, 0.3) is 11.1 Å². The molecule has 4 nitrogen and oxygen atoms in total. The molecule has 10 heteroatoms. The van der Waals surface area contributed by atoms with Gasteiger partial charge in [0.15, 0.2) is 0 Å². The normalized spacial score (nSPS) is 12.0. The lowest BCUT2D eigenvalue weighted by Crippen LogP contribution is -2.36. The monoisotopic (exact) mass is 455 g/mol. The van der Waals surface area contributed by atoms with Crippen molar-refractivity contribution in [2.45, 2.75) is 19.0 Å². The maximum Gasteiger partial charge on any atom is 0.417 e. The van der Waals surface area contributed by atoms with E-state index in [9.17, 15) is 26.7 Å². The predicted molar refractivity (Wildman–Crippen MR) is 105 cm³/mol. The zero-order valence-corrected chi connectivity index (χ0v) is 16.7. The highest BCUT2D eigenvalue weighted by Gasteiger charge is 2.38. The fraction of sp³-hybridized carbons (Fsp3) is 0.190. The standard InChI is InChI=1S/C21H15ClF5N3O/c1-12-14(6-4-8-28-12)13-9-17(22)18(29-10-13)20(23,24)11-30-19(31)15-5-2-3-7-16(15)21(25,26)27/h2-10H,11H2,1H3,(H,30,31). The molecule has 1 aromatic carbocycles. The minimum absolute atomic E-state index is 0.351. The fourth-order valence-corrected chi connectivity index (χ4v) is 3.25. The highest BCUT2D eigenvalue weighted by Crippen LogP contribution is 2.35. The molecule has 0 aliphatic heterocycles. The first-order valence-electron chi connectivity index (χ1n) is 8.91. The molecular weight excluding hydrogens is 441 g/mol. The van der Waals surface area contributed by atoms with Crippen LogP contribution in [0.15, 0.2) is 54.9 Å². The molecule has 3 rings (SSSR count). The average molecular weight is 456 g/mol. The SMILES string of the molecule is Cc1ncccc1-c1cnc(C(F)(F)CNC(=O)c2ccccc2C(F)(F)F)c(Cl)c1. The Kier molecular flexibility index (Phi) is 6.26. The van der Waals surface area contributed by atoms with E-state index >= 15 is 0 Å². The first-order chi connectivity index (χ1) is 14.5. The summed E-state index contributed by atoms with van der Waals surface area (Å²) in [6, 6.07) is 8.61. The Hall–Kier alpha value is -3.07. The van der Waals surface area contributed by atoms with Crippen LogP contribution in [0.3, 0.4) is 0 Å². The first kappa shape index (κ1) is 22.6. The molecule has 31 heavy (non-hydrogen) atoms. The van der Waals surface area contributed by atoms with E-state index < -0.39 is 41.4 Å². The van der Waals surface area contributed by atoms with Gasteiger partial charge in [-0.2, -0.15) is 22.0 Å². The maximum atomic E-state index is 14.6. The third-order valence-electron chi connectivity index (χ3n) is 4.45. The van der Waals surface area contributed by atoms with Crippen LogP contribution >= 0.6 is 11.6 Å². The van der Waals surface area contributed by atoms with Crippen LogP contribution in [0.5, 0.6) is 0 Å². The number of hydrogen-bond acceptors (Lipinski definition) is 3. The van der Waals surface area contributed by atoms with Gasteiger partial charge in [-0.3, -0.25) is 14.8 Å². The van der Waals surface area contributed by atoms with Crippen LogP contribution in [0.2, 0.25) is 5.02 Å². The third kappa shape index (κ3) is 4.99. The molecule has 0 fully saturated rings. The number of nitrogens with one attached hydrogen (secondary N) is 1. The van der Waals surface area contributed by atoms with Gasteiger partial charge in [0.25, 0.3) is 5.91 Å². The van der Waals surface area contributed by atoms with Gasteiger partial charge in [-0.25, -0.2) is 0 Å². The summed E-state index contributed by atoms with van der Waals surface area (Å²) in [6.07, 6.45) is -2.03. The van der Waals surface area contributed by atoms with Crippen molar-refractivity contribution in [2.24, 2.45) is 0 Å². The lowest BCUT2D eigenvalue weighted by Gasteiger charge is -2.19. The number of carbonyl (C=O) groups excluding carboxylic acids is 1. The molecule has 1 N–H and O–H groups in total. The second-order valence-corrected chi connectivity index (χ2v) is 7.03. The zero-order valence-electron chi connectivity index (χ0n) is 16.0. The number of pyridine rings is 2. The van der Waals surface area contributed by atoms with Crippen molar-refractivity contribution >= 4 is 17.5 Å². The highest BCUT2D eigenvalue weighted by molar-refractivity contribution is 6.31. The molecule has 0 aliphatic carbocycles. The van der Waals surface area contributed by atoms with E-state index in [4.69, 9.17) is 11.6 Å². The lowest BCUT2D eigenvalue weighted by atomic mass is 10.0. The van der Waals surface area contributed by atoms with Gasteiger partial charge in [-0.05, 0) is 31.2 Å². The summed E-state index contributed by atoms with van der Waals surface area (Å²) in [6.45, 7) is 0.454. The van der Waals surface area contributed by atoms with E-state index in [1.807, 2.05) is 5.32 Å². The van der Waals surface area contributed by atoms with Crippen LogP contribution < -0.4 is 5.32 Å². The molecule has 0 aliphatic rings. The Morgan fingerprint density at radius 1 is 1.06 bits per heavy atom. The van der Waals surface area contributed by atoms with Gasteiger partial charge in [-0.1, -0.05) is 29.8 Å². The average Bonchev–Trinajstić information content (AvgIpc) is 2.71. The first-order valence-corrected chi connectivity index (χ1v) is 9.29. The second-order valence-electron chi connectivity index (χ2n) is 6.62. The highest BCUT2D eigenvalue weighted by atomic mass is 35.5. The zero-order chi connectivity index (χ0) is 22.8. The smallest absolute Gasteiger partial charge is 0.346 e. The van der Waals surface area contributed by atoms with Crippen molar-refractivity contribution in [2.75, 3.05) is 6.54 Å². The fourth-order valence-electron chi connectivity index (χ4n) is 2.94. The number of carbonyl (C=O) groups is 1. The molecule has 0 atom stereocenters. The van der Waals surface area contributed by atoms with Crippen molar-refractivity contribution in [3.63, 3.8) is 0 Å². The number of benzene rings is 1. The molecule has 0 saturated heterocycles. The molecule has 0 unspecified atom stereocenters. The number of amides is 1. The summed E-state index contributed by atoms with van der Waals surface area (Å²) in [5, 5.41) is 1.48. The van der Waals surface area contributed by atoms with E-state index in [1.165, 1.54) is 18.3 Å². The quantitative estimate of drug-likeness (QED) is 0.506. The largest absolute Gasteiger partial charge is 0.417 e. The summed E-state index contributed by atoms with van der Waals surface area (Å²) in [7, 11) is 0. The van der Waals surface area contributed by atoms with Gasteiger partial charge in [0.05, 0.1) is 22.7 Å². The summed E-state index contributed by atoms with van der Waals surface area (Å²) in [5.41, 5.74) is -1.00. The second kappa shape index (κ2) is 8.58. The van der Waals surface area contributed by atoms with Crippen molar-refractivity contribution in [1.82, 2.24) is 15.3 Å². The van der Waals surface area contributed by atoms with Crippen LogP contribution in [0, 0.1) is 6.92 Å². The summed E-state index contributed by atoms with van der Waals surface area (Å²) < 4.78 is 68.4. The Bertz CT molecular complexity index is 1120. The Morgan fingerprint density at radius 3 is 2.42 bits per heavy atom. The maximum absolute atomic E-state index is 14.6. The number of aryl methyl sites for hydroxylation is 1. The molecule has 0 spiro atoms. The van der Waals surface area contributed by atoms with Crippen LogP contribution in [0.4, 0.5) is 22.0 Å². The molecular formula is C21H15ClF5N3O. The van der Waals surface area contributed by atoms with Gasteiger partial charge in [0.1, 0.15) is 5.69 Å². The molecule has 1 amide bonds. The lowest BCUT2D eigenvalue weighted by molar-refractivity contribution is -0.137. The van der Waals surface area contributed by atoms with Crippen LogP contribution in [-0.2, 0) is 12.1 Å². The number of hydrogen-bond donors (Lipinski definition) is 1. The Labute approximate surface area is 179 Å². The van der Waals surface area contributed by atoms with Crippen LogP contribution in [0.1, 0.15) is 27.3 Å². The van der Waals surface area contributed by atoms with E-state index in [-0.39, 0.29) is 5.02 Å². The summed E-state index contributed by atoms with van der Waals surface area (Å²) in [4.78, 5) is 20.0. The molecule has 2 heterocycles. The number of nitrogens with zero attached hydrogens (tertiary/aromatic N) is 2. The van der Waals surface area contributed by atoms with Gasteiger partial charge in [0, 0.05) is 29.2 Å². The Morgan fingerprint density at radius 2 is 1.77 bits per heavy atom. The van der Waals surface area contributed by atoms with Crippen LogP contribution in [-0.4, -0.2) is 22.4 Å². The van der Waals surface area contributed by atoms with Gasteiger partial charge in [-0.15, -0.1) is 0 Å². The number of aromatic nitrogens is 2. The van der Waals surface area contributed by atoms with Crippen molar-refractivity contribution in [3.8, 4) is 11.1 Å². The van der Waals surface area contributed by atoms with Crippen molar-refractivity contribution in [1.29, 1.82) is 0 Å². The van der Waals surface area contributed by atoms with E-state index in [0.29, 0.717) is 22.9 Å². The molecule has 0 radical (unpaired) electrons. The predicted octanol–water partition coefficient (Wildman–Crippen LogP) is 5.65. The van der Waals surface area contributed by atoms with Crippen molar-refractivity contribution in [3.05, 3.63) is 82.4 Å². The van der Waals surface area contributed by atoms with E-state index in [0.717, 1.165) is 12.1 Å². The number of alkyl halides is 5. The molecule has 2 aromatic heterocycles. The minimum Gasteiger partial charge on any atom is -0.346 e. The number of halogens is 6. The van der Waals surface area contributed by atoms with E-state index in [2.05, 4.69) is 9.97 Å². The Balaban J connectivity index is 1.80. The summed E-state index contributed by atoms with van der Waals surface area (Å²) >= 11 is 6.01. The number of rotatable bonds is 5. The van der Waals surface area contributed by atoms with Gasteiger partial charge >= 0.3 is 12.1 Å². The molecule has 0 bridgehead atoms. The topological polar surface area (TPSA) is 54.9 Å². The van der Waals surface area contributed by atoms with E-state index in [1.54, 1.807) is 25.3 Å². The molecule has 162 valence electrons.